The molecular formula is C17H21IN6OS. The number of halogens is 1. The van der Waals surface area contributed by atoms with Crippen LogP contribution in [-0.2, 0) is 13.0 Å². The van der Waals surface area contributed by atoms with E-state index in [1.807, 2.05) is 25.1 Å². The predicted octanol–water partition coefficient (Wildman–Crippen LogP) is 3.11. The molecule has 3 rings (SSSR count). The van der Waals surface area contributed by atoms with Crippen molar-refractivity contribution in [3.63, 3.8) is 0 Å². The minimum atomic E-state index is 0. The minimum Gasteiger partial charge on any atom is -0.357 e. The molecule has 0 fully saturated rings. The minimum absolute atomic E-state index is 0. The van der Waals surface area contributed by atoms with Crippen LogP contribution in [0, 0.1) is 0 Å². The Morgan fingerprint density at radius 1 is 1.27 bits per heavy atom. The molecule has 0 saturated heterocycles. The third kappa shape index (κ3) is 6.06. The maximum absolute atomic E-state index is 5.26. The van der Waals surface area contributed by atoms with Gasteiger partial charge in [-0.2, -0.15) is 16.3 Å². The van der Waals surface area contributed by atoms with Crippen LogP contribution >= 0.6 is 35.3 Å². The number of rotatable bonds is 7. The normalized spacial score (nSPS) is 11.0. The summed E-state index contributed by atoms with van der Waals surface area (Å²) < 4.78 is 5.26. The number of aromatic nitrogens is 3. The summed E-state index contributed by atoms with van der Waals surface area (Å²) in [6.07, 6.45) is 2.34. The summed E-state index contributed by atoms with van der Waals surface area (Å²) >= 11 is 1.68. The van der Waals surface area contributed by atoms with Gasteiger partial charge in [0.25, 0.3) is 5.89 Å². The average Bonchev–Trinajstić information content (AvgIpc) is 3.32. The number of guanidine groups is 1. The molecule has 0 unspecified atom stereocenters. The Labute approximate surface area is 173 Å². The summed E-state index contributed by atoms with van der Waals surface area (Å²) in [5.74, 6) is 1.86. The van der Waals surface area contributed by atoms with Gasteiger partial charge >= 0.3 is 0 Å². The number of nitrogens with one attached hydrogen (secondary N) is 2. The first-order chi connectivity index (χ1) is 12.3. The quantitative estimate of drug-likeness (QED) is 0.305. The van der Waals surface area contributed by atoms with Crippen molar-refractivity contribution in [1.29, 1.82) is 0 Å². The molecule has 0 aliphatic rings. The molecule has 0 spiro atoms. The Morgan fingerprint density at radius 3 is 2.92 bits per heavy atom. The second kappa shape index (κ2) is 10.9. The highest BCUT2D eigenvalue weighted by atomic mass is 127. The van der Waals surface area contributed by atoms with Crippen molar-refractivity contribution >= 4 is 41.3 Å². The largest absolute Gasteiger partial charge is 0.357 e. The molecule has 9 heteroatoms. The standard InChI is InChI=1S/C17H20N6OS.HI/c1-2-18-17(21-11-13-7-10-25-12-13)20-9-6-15-22-16(24-23-15)14-5-3-4-8-19-14;/h3-5,7-8,10,12H,2,6,9,11H2,1H3,(H2,18,20,21);1H. The van der Waals surface area contributed by atoms with Gasteiger partial charge in [-0.05, 0) is 41.4 Å². The third-order valence-corrected chi connectivity index (χ3v) is 4.07. The van der Waals surface area contributed by atoms with Gasteiger partial charge in [0.2, 0.25) is 0 Å². The zero-order valence-electron chi connectivity index (χ0n) is 14.4. The Morgan fingerprint density at radius 2 is 2.19 bits per heavy atom. The number of thiophene rings is 1. The Hall–Kier alpha value is -2.01. The molecule has 26 heavy (non-hydrogen) atoms. The fourth-order valence-electron chi connectivity index (χ4n) is 2.14. The summed E-state index contributed by atoms with van der Waals surface area (Å²) in [7, 11) is 0. The molecule has 0 aliphatic carbocycles. The maximum atomic E-state index is 5.26. The van der Waals surface area contributed by atoms with E-state index in [1.54, 1.807) is 17.5 Å². The van der Waals surface area contributed by atoms with Gasteiger partial charge in [0.15, 0.2) is 11.8 Å². The number of aliphatic imine (C=N–C) groups is 1. The van der Waals surface area contributed by atoms with Crippen LogP contribution in [0.15, 0.2) is 50.7 Å². The van der Waals surface area contributed by atoms with Crippen molar-refractivity contribution in [2.45, 2.75) is 19.9 Å². The fraction of sp³-hybridized carbons (Fsp3) is 0.294. The summed E-state index contributed by atoms with van der Waals surface area (Å²) in [6.45, 7) is 4.17. The summed E-state index contributed by atoms with van der Waals surface area (Å²) in [5.41, 5.74) is 1.89. The van der Waals surface area contributed by atoms with Crippen LogP contribution in [0.4, 0.5) is 0 Å². The van der Waals surface area contributed by atoms with Gasteiger partial charge in [-0.3, -0.25) is 4.98 Å². The Balaban J connectivity index is 0.00000243. The lowest BCUT2D eigenvalue weighted by Gasteiger charge is -2.09. The topological polar surface area (TPSA) is 88.2 Å². The zero-order valence-corrected chi connectivity index (χ0v) is 17.5. The molecule has 0 saturated carbocycles. The zero-order chi connectivity index (χ0) is 17.3. The van der Waals surface area contributed by atoms with E-state index in [9.17, 15) is 0 Å². The molecule has 2 N–H and O–H groups in total. The van der Waals surface area contributed by atoms with Crippen LogP contribution in [0.5, 0.6) is 0 Å². The number of hydrogen-bond acceptors (Lipinski definition) is 6. The summed E-state index contributed by atoms with van der Waals surface area (Å²) in [4.78, 5) is 13.1. The average molecular weight is 484 g/mol. The molecule has 7 nitrogen and oxygen atoms in total. The number of hydrogen-bond donors (Lipinski definition) is 2. The SMILES string of the molecule is CCNC(=NCc1ccsc1)NCCc1noc(-c2ccccn2)n1.I. The molecule has 0 radical (unpaired) electrons. The van der Waals surface area contributed by atoms with Crippen LogP contribution in [0.25, 0.3) is 11.6 Å². The lowest BCUT2D eigenvalue weighted by molar-refractivity contribution is 0.421. The highest BCUT2D eigenvalue weighted by Gasteiger charge is 2.09. The third-order valence-electron chi connectivity index (χ3n) is 3.34. The van der Waals surface area contributed by atoms with E-state index in [0.29, 0.717) is 36.9 Å². The van der Waals surface area contributed by atoms with Crippen LogP contribution < -0.4 is 10.6 Å². The molecule has 3 aromatic heterocycles. The first-order valence-electron chi connectivity index (χ1n) is 8.12. The summed E-state index contributed by atoms with van der Waals surface area (Å²) in [6, 6.07) is 7.66. The van der Waals surface area contributed by atoms with E-state index in [-0.39, 0.29) is 24.0 Å². The second-order valence-corrected chi connectivity index (χ2v) is 6.01. The van der Waals surface area contributed by atoms with E-state index in [1.165, 1.54) is 5.56 Å². The van der Waals surface area contributed by atoms with E-state index >= 15 is 0 Å². The van der Waals surface area contributed by atoms with E-state index in [0.717, 1.165) is 12.5 Å². The van der Waals surface area contributed by atoms with Crippen LogP contribution in [-0.4, -0.2) is 34.2 Å². The maximum Gasteiger partial charge on any atom is 0.276 e. The second-order valence-electron chi connectivity index (χ2n) is 5.23. The fourth-order valence-corrected chi connectivity index (χ4v) is 2.80. The van der Waals surface area contributed by atoms with Crippen molar-refractivity contribution in [1.82, 2.24) is 25.8 Å². The van der Waals surface area contributed by atoms with Gasteiger partial charge < -0.3 is 15.2 Å². The number of nitrogens with zero attached hydrogens (tertiary/aromatic N) is 4. The van der Waals surface area contributed by atoms with E-state index in [2.05, 4.69) is 47.6 Å². The molecule has 3 heterocycles. The smallest absolute Gasteiger partial charge is 0.276 e. The lowest BCUT2D eigenvalue weighted by atomic mass is 10.3. The van der Waals surface area contributed by atoms with E-state index < -0.39 is 0 Å². The predicted molar refractivity (Wildman–Crippen MR) is 114 cm³/mol. The molecule has 138 valence electrons. The van der Waals surface area contributed by atoms with Gasteiger partial charge in [0.05, 0.1) is 6.54 Å². The lowest BCUT2D eigenvalue weighted by Crippen LogP contribution is -2.38. The molecule has 0 aliphatic heterocycles. The molecule has 0 amide bonds. The van der Waals surface area contributed by atoms with Crippen molar-refractivity contribution in [2.24, 2.45) is 4.99 Å². The van der Waals surface area contributed by atoms with Crippen LogP contribution in [0.3, 0.4) is 0 Å². The van der Waals surface area contributed by atoms with Crippen LogP contribution in [0.2, 0.25) is 0 Å². The van der Waals surface area contributed by atoms with Crippen molar-refractivity contribution in [3.05, 3.63) is 52.6 Å². The highest BCUT2D eigenvalue weighted by Crippen LogP contribution is 2.13. The molecule has 0 bridgehead atoms. The van der Waals surface area contributed by atoms with Gasteiger partial charge in [-0.15, -0.1) is 24.0 Å². The summed E-state index contributed by atoms with van der Waals surface area (Å²) in [5, 5.41) is 14.7. The van der Waals surface area contributed by atoms with Crippen molar-refractivity contribution in [2.75, 3.05) is 13.1 Å². The van der Waals surface area contributed by atoms with Gasteiger partial charge in [0.1, 0.15) is 5.69 Å². The number of pyridine rings is 1. The van der Waals surface area contributed by atoms with Gasteiger partial charge in [-0.25, -0.2) is 4.99 Å². The highest BCUT2D eigenvalue weighted by molar-refractivity contribution is 14.0. The Bertz CT molecular complexity index is 791. The molecule has 0 atom stereocenters. The van der Waals surface area contributed by atoms with E-state index in [4.69, 9.17) is 4.52 Å². The first kappa shape index (κ1) is 20.3. The first-order valence-corrected chi connectivity index (χ1v) is 9.06. The Kier molecular flexibility index (Phi) is 8.48. The molecule has 0 aromatic carbocycles. The monoisotopic (exact) mass is 484 g/mol. The molecular weight excluding hydrogens is 463 g/mol. The van der Waals surface area contributed by atoms with Crippen LogP contribution in [0.1, 0.15) is 18.3 Å². The molecule has 3 aromatic rings. The van der Waals surface area contributed by atoms with Gasteiger partial charge in [-0.1, -0.05) is 11.2 Å². The van der Waals surface area contributed by atoms with Gasteiger partial charge in [0, 0.05) is 25.7 Å². The van der Waals surface area contributed by atoms with Crippen molar-refractivity contribution in [3.8, 4) is 11.6 Å². The van der Waals surface area contributed by atoms with Crippen molar-refractivity contribution < 1.29 is 4.52 Å².